The first-order valence-electron chi connectivity index (χ1n) is 38.5. The van der Waals surface area contributed by atoms with Crippen LogP contribution in [0.25, 0.3) is 0 Å². The van der Waals surface area contributed by atoms with E-state index in [1.165, 1.54) is 108 Å². The lowest BCUT2D eigenvalue weighted by Gasteiger charge is -2.54. The molecule has 12 amide bonds. The van der Waals surface area contributed by atoms with Crippen molar-refractivity contribution in [3.8, 4) is 0 Å². The summed E-state index contributed by atoms with van der Waals surface area (Å²) < 4.78 is 54.5. The molecular formula is C76H123F3N12O14. The van der Waals surface area contributed by atoms with Crippen LogP contribution < -0.4 is 16.0 Å². The molecule has 3 unspecified atom stereocenters. The number of ether oxygens (including phenoxy) is 2. The third-order valence-corrected chi connectivity index (χ3v) is 24.1. The summed E-state index contributed by atoms with van der Waals surface area (Å²) >= 11 is 0. The predicted molar refractivity (Wildman–Crippen MR) is 386 cm³/mol. The van der Waals surface area contributed by atoms with Crippen LogP contribution in [0.15, 0.2) is 12.2 Å². The van der Waals surface area contributed by atoms with E-state index in [2.05, 4.69) is 22.9 Å². The monoisotopic (exact) mass is 1480 g/mol. The highest BCUT2D eigenvalue weighted by Crippen LogP contribution is 2.50. The van der Waals surface area contributed by atoms with Crippen LogP contribution >= 0.6 is 0 Å². The first-order chi connectivity index (χ1) is 49.3. The van der Waals surface area contributed by atoms with Crippen molar-refractivity contribution in [2.75, 3.05) is 96.3 Å². The molecule has 0 aromatic rings. The summed E-state index contributed by atoms with van der Waals surface area (Å²) in [5, 5.41) is 8.84. The van der Waals surface area contributed by atoms with Gasteiger partial charge >= 0.3 is 6.18 Å². The highest BCUT2D eigenvalue weighted by atomic mass is 19.4. The number of carbonyl (C=O) groups excluding carboxylic acids is 12. The summed E-state index contributed by atoms with van der Waals surface area (Å²) in [6, 6.07) is -10.1. The number of hydrogen-bond acceptors (Lipinski definition) is 14. The molecule has 3 heterocycles. The summed E-state index contributed by atoms with van der Waals surface area (Å²) in [6.45, 7) is 12.0. The number of alkyl halides is 3. The average molecular weight is 1490 g/mol. The second-order valence-corrected chi connectivity index (χ2v) is 32.6. The van der Waals surface area contributed by atoms with E-state index in [0.717, 1.165) is 38.5 Å². The molecule has 105 heavy (non-hydrogen) atoms. The van der Waals surface area contributed by atoms with E-state index in [0.29, 0.717) is 31.6 Å². The molecule has 0 aromatic heterocycles. The van der Waals surface area contributed by atoms with Crippen LogP contribution in [0.1, 0.15) is 190 Å². The van der Waals surface area contributed by atoms with Gasteiger partial charge in [0.15, 0.2) is 0 Å². The summed E-state index contributed by atoms with van der Waals surface area (Å²) in [5.41, 5.74) is -2.17. The van der Waals surface area contributed by atoms with Gasteiger partial charge in [-0.1, -0.05) is 98.6 Å². The number of nitrogens with zero attached hydrogens (tertiary/aromatic N) is 9. The Morgan fingerprint density at radius 1 is 0.686 bits per heavy atom. The number of nitrogens with one attached hydrogen (secondary N) is 3. The highest BCUT2D eigenvalue weighted by Gasteiger charge is 2.59. The van der Waals surface area contributed by atoms with Gasteiger partial charge in [-0.15, -0.1) is 0 Å². The minimum Gasteiger partial charge on any atom is -0.381 e. The van der Waals surface area contributed by atoms with Gasteiger partial charge in [-0.25, -0.2) is 0 Å². The van der Waals surface area contributed by atoms with Gasteiger partial charge < -0.3 is 69.5 Å². The molecule has 0 radical (unpaired) electrons. The van der Waals surface area contributed by atoms with Gasteiger partial charge in [-0.2, -0.15) is 13.2 Å². The standard InChI is InChI=1S/C76H123F3N12O14/c1-17-47(5)63-71(101)85(11)43-62(94)87(13)55-27-21-20-24-36-90(70(55)100)58(37-48-30-28-46(4)29-31-48)69(99)84(10)42-60(92)80-53(35-33-49-32-34-52(76(77,78)79)59(38-49)104-16)67(97)91-41-51(105-19-3)39-56(91)66(96)82-75(44-74(6,7)45-75)73(103)89(15)64(50-25-22-23-26-50)72(102)88(14)57(68(98)83(8)9)40-61(93)86(12)54(18-2)65(95)81-63/h20-21,46-59,63-64H,17-19,22-45H2,1-16H3,(H,80,92)(H,81,95)(H,82,96)/b21-20-/t46?,47-,48?,49?,51+,52?,53-,54-,55-,56-,57-,58-,59?,63-,64-/m0/s1. The lowest BCUT2D eigenvalue weighted by Crippen LogP contribution is -2.71. The fourth-order valence-corrected chi connectivity index (χ4v) is 17.8. The maximum atomic E-state index is 15.8. The number of hydrogen-bond donors (Lipinski definition) is 3. The van der Waals surface area contributed by atoms with Crippen molar-refractivity contribution in [3.63, 3.8) is 0 Å². The van der Waals surface area contributed by atoms with Crippen LogP contribution in [0.2, 0.25) is 0 Å². The van der Waals surface area contributed by atoms with E-state index in [9.17, 15) is 41.9 Å². The van der Waals surface area contributed by atoms with Crippen molar-refractivity contribution in [2.24, 2.45) is 40.9 Å². The van der Waals surface area contributed by atoms with Gasteiger partial charge in [0.2, 0.25) is 70.9 Å². The molecule has 26 nitrogen and oxygen atoms in total. The van der Waals surface area contributed by atoms with Gasteiger partial charge in [0.1, 0.15) is 53.9 Å². The molecule has 3 aliphatic heterocycles. The van der Waals surface area contributed by atoms with Gasteiger partial charge in [-0.3, -0.25) is 57.5 Å². The maximum absolute atomic E-state index is 15.8. The number of methoxy groups -OCH3 is 1. The van der Waals surface area contributed by atoms with Crippen LogP contribution in [0.5, 0.6) is 0 Å². The SMILES string of the molecule is CCO[C@@H]1C[C@H]2C(=O)NC3(CC(C)(C)C3)C(=O)N(C)[C@@H](C3CCCC3)C(=O)N(C)[C@H](C(=O)N(C)C)CC(=O)N(C)[C@@H](CC)C(=O)N[C@@H]([C@@H](C)CC)C(=O)N(C)CC(=O)N(C)[C@H]3C/C=C\CCN(C3=O)[C@@H](CC3CCC(C)CC3)C(=O)N(C)CC(=O)N[C@@H](CCC3CCC(C(F)(F)F)C(OC)C3)C(=O)N2C1. The van der Waals surface area contributed by atoms with Crippen LogP contribution in [-0.2, 0) is 67.0 Å². The van der Waals surface area contributed by atoms with Crippen molar-refractivity contribution in [1.29, 1.82) is 0 Å². The Balaban J connectivity index is 1.32. The van der Waals surface area contributed by atoms with E-state index in [4.69, 9.17) is 9.47 Å². The zero-order chi connectivity index (χ0) is 77.9. The van der Waals surface area contributed by atoms with E-state index in [-0.39, 0.29) is 102 Å². The van der Waals surface area contributed by atoms with Crippen molar-refractivity contribution >= 4 is 70.9 Å². The lowest BCUT2D eigenvalue weighted by atomic mass is 9.58. The summed E-state index contributed by atoms with van der Waals surface area (Å²) in [5.74, 6) is -10.5. The molecule has 7 aliphatic rings. The van der Waals surface area contributed by atoms with Crippen molar-refractivity contribution in [1.82, 2.24) is 60.0 Å². The van der Waals surface area contributed by atoms with Crippen LogP contribution in [0.4, 0.5) is 13.2 Å². The van der Waals surface area contributed by atoms with Gasteiger partial charge in [-0.05, 0) is 125 Å². The van der Waals surface area contributed by atoms with E-state index in [1.807, 2.05) is 26.8 Å². The van der Waals surface area contributed by atoms with Gasteiger partial charge in [0.25, 0.3) is 0 Å². The number of halogens is 3. The van der Waals surface area contributed by atoms with E-state index in [1.54, 1.807) is 26.8 Å². The second kappa shape index (κ2) is 36.8. The molecule has 3 N–H and O–H groups in total. The molecule has 4 aliphatic carbocycles. The van der Waals surface area contributed by atoms with Crippen LogP contribution in [0, 0.1) is 40.9 Å². The van der Waals surface area contributed by atoms with Gasteiger partial charge in [0.05, 0.1) is 37.6 Å². The molecule has 29 heteroatoms. The number of carbonyl (C=O) groups is 12. The number of amides is 12. The fraction of sp³-hybridized carbons (Fsp3) is 0.816. The Kier molecular flexibility index (Phi) is 29.9. The largest absolute Gasteiger partial charge is 0.394 e. The van der Waals surface area contributed by atoms with E-state index < -0.39 is 186 Å². The Hall–Kier alpha value is -6.91. The lowest BCUT2D eigenvalue weighted by molar-refractivity contribution is -0.215. The molecule has 13 atom stereocenters. The Morgan fingerprint density at radius 2 is 1.32 bits per heavy atom. The highest BCUT2D eigenvalue weighted by molar-refractivity contribution is 6.01. The first-order valence-corrected chi connectivity index (χ1v) is 38.5. The van der Waals surface area contributed by atoms with Crippen molar-refractivity contribution < 1.29 is 80.2 Å². The van der Waals surface area contributed by atoms with Gasteiger partial charge in [0, 0.05) is 89.6 Å². The Bertz CT molecular complexity index is 3130. The molecule has 7 rings (SSSR count). The third kappa shape index (κ3) is 20.7. The quantitative estimate of drug-likeness (QED) is 0.191. The van der Waals surface area contributed by atoms with Crippen LogP contribution in [0.3, 0.4) is 0 Å². The Morgan fingerprint density at radius 3 is 1.91 bits per heavy atom. The summed E-state index contributed by atoms with van der Waals surface area (Å²) in [6.07, 6.45) is 3.69. The zero-order valence-corrected chi connectivity index (χ0v) is 65.4. The smallest absolute Gasteiger partial charge is 0.381 e. The van der Waals surface area contributed by atoms with E-state index >= 15 is 28.8 Å². The van der Waals surface area contributed by atoms with Crippen molar-refractivity contribution in [2.45, 2.75) is 262 Å². The molecule has 2 bridgehead atoms. The minimum absolute atomic E-state index is 0.00482. The number of fused-ring (bicyclic) bond motifs is 3. The van der Waals surface area contributed by atoms with Crippen molar-refractivity contribution in [3.05, 3.63) is 12.2 Å². The second-order valence-electron chi connectivity index (χ2n) is 32.6. The average Bonchev–Trinajstić information content (AvgIpc) is 1.58. The molecule has 1 spiro atoms. The topological polar surface area (TPSA) is 289 Å². The molecule has 4 saturated carbocycles. The first kappa shape index (κ1) is 85.3. The summed E-state index contributed by atoms with van der Waals surface area (Å²) in [7, 11) is 12.7. The molecule has 0 aromatic carbocycles. The number of likely N-dealkylation sites (N-methyl/N-ethyl adjacent to an activating group) is 7. The fourth-order valence-electron chi connectivity index (χ4n) is 17.8. The predicted octanol–water partition coefficient (Wildman–Crippen LogP) is 5.54. The molecular weight excluding hydrogens is 1360 g/mol. The maximum Gasteiger partial charge on any atom is 0.394 e. The summed E-state index contributed by atoms with van der Waals surface area (Å²) in [4.78, 5) is 193. The zero-order valence-electron chi connectivity index (χ0n) is 65.4. The number of rotatable bonds is 13. The van der Waals surface area contributed by atoms with Crippen LogP contribution in [-0.4, -0.2) is 284 Å². The molecule has 6 fully saturated rings. The minimum atomic E-state index is -4.52. The Labute approximate surface area is 620 Å². The molecule has 2 saturated heterocycles. The third-order valence-electron chi connectivity index (χ3n) is 24.1. The molecule has 592 valence electrons. The normalized spacial score (nSPS) is 32.1.